The van der Waals surface area contributed by atoms with Crippen molar-refractivity contribution in [3.63, 3.8) is 0 Å². The third-order valence-corrected chi connectivity index (χ3v) is 5.24. The van der Waals surface area contributed by atoms with E-state index in [2.05, 4.69) is 6.92 Å². The Morgan fingerprint density at radius 2 is 1.65 bits per heavy atom. The number of rotatable bonds is 7. The summed E-state index contributed by atoms with van der Waals surface area (Å²) in [4.78, 5) is 25.8. The van der Waals surface area contributed by atoms with Gasteiger partial charge >= 0.3 is 18.3 Å². The molecule has 4 nitrogen and oxygen atoms in total. The molecule has 0 saturated carbocycles. The van der Waals surface area contributed by atoms with Crippen LogP contribution in [0.5, 0.6) is 0 Å². The van der Waals surface area contributed by atoms with Crippen LogP contribution in [0.1, 0.15) is 66.9 Å². The van der Waals surface area contributed by atoms with Crippen LogP contribution in [0.4, 0.5) is 26.3 Å². The highest BCUT2D eigenvalue weighted by atomic mass is 19.4. The Hall–Kier alpha value is -2.26. The van der Waals surface area contributed by atoms with Crippen molar-refractivity contribution < 1.29 is 40.7 Å². The Bertz CT molecular complexity index is 767. The van der Waals surface area contributed by atoms with Crippen LogP contribution in [0.2, 0.25) is 0 Å². The monoisotopic (exact) mass is 453 g/mol. The zero-order chi connectivity index (χ0) is 23.2. The molecule has 1 aromatic rings. The first-order valence-corrected chi connectivity index (χ1v) is 10.2. The Labute approximate surface area is 176 Å². The maximum absolute atomic E-state index is 13.3. The summed E-state index contributed by atoms with van der Waals surface area (Å²) in [5, 5.41) is 0. The van der Waals surface area contributed by atoms with Gasteiger partial charge in [0.05, 0.1) is 29.2 Å². The molecule has 31 heavy (non-hydrogen) atoms. The van der Waals surface area contributed by atoms with Crippen LogP contribution in [0, 0.1) is 5.92 Å². The maximum atomic E-state index is 13.3. The summed E-state index contributed by atoms with van der Waals surface area (Å²) in [5.41, 5.74) is -3.79. The van der Waals surface area contributed by atoms with E-state index in [4.69, 9.17) is 4.74 Å². The Balaban J connectivity index is 2.04. The van der Waals surface area contributed by atoms with Gasteiger partial charge in [0.2, 0.25) is 0 Å². The van der Waals surface area contributed by atoms with Crippen LogP contribution < -0.4 is 0 Å². The number of ether oxygens (including phenoxy) is 1. The molecule has 0 aromatic heterocycles. The molecule has 10 heteroatoms. The fourth-order valence-electron chi connectivity index (χ4n) is 3.45. The number of unbranched alkanes of at least 4 members (excludes halogenated alkanes) is 3. The van der Waals surface area contributed by atoms with E-state index in [1.165, 1.54) is 0 Å². The second kappa shape index (κ2) is 10.4. The van der Waals surface area contributed by atoms with Gasteiger partial charge in [-0.1, -0.05) is 26.2 Å². The summed E-state index contributed by atoms with van der Waals surface area (Å²) in [6, 6.07) is 0.822. The third kappa shape index (κ3) is 6.87. The van der Waals surface area contributed by atoms with E-state index in [-0.39, 0.29) is 44.7 Å². The minimum absolute atomic E-state index is 0.0397. The second-order valence-electron chi connectivity index (χ2n) is 7.55. The van der Waals surface area contributed by atoms with Crippen molar-refractivity contribution in [1.82, 2.24) is 4.90 Å². The number of likely N-dealkylation sites (tertiary alicyclic amines) is 1. The van der Waals surface area contributed by atoms with Gasteiger partial charge in [-0.05, 0) is 37.5 Å². The molecule has 0 bridgehead atoms. The molecule has 1 aliphatic heterocycles. The van der Waals surface area contributed by atoms with Gasteiger partial charge in [0, 0.05) is 13.1 Å². The number of piperidine rings is 1. The zero-order valence-electron chi connectivity index (χ0n) is 17.1. The first-order valence-electron chi connectivity index (χ1n) is 10.2. The molecule has 0 aliphatic carbocycles. The van der Waals surface area contributed by atoms with Gasteiger partial charge in [0.25, 0.3) is 5.91 Å². The number of carbonyl (C=O) groups excluding carboxylic acids is 2. The smallest absolute Gasteiger partial charge is 0.417 e. The van der Waals surface area contributed by atoms with Gasteiger partial charge in [-0.3, -0.25) is 9.59 Å². The summed E-state index contributed by atoms with van der Waals surface area (Å²) in [6.07, 6.45) is -5.74. The predicted octanol–water partition coefficient (Wildman–Crippen LogP) is 5.70. The SMILES string of the molecule is CCCCCCOC(=O)C1CCN(C(=O)c2cc(C(F)(F)F)ccc2C(F)(F)F)CC1. The number of hydrogen-bond acceptors (Lipinski definition) is 3. The van der Waals surface area contributed by atoms with E-state index in [1.807, 2.05) is 0 Å². The van der Waals surface area contributed by atoms with Gasteiger partial charge in [-0.25, -0.2) is 0 Å². The fourth-order valence-corrected chi connectivity index (χ4v) is 3.45. The van der Waals surface area contributed by atoms with Gasteiger partial charge in [0.15, 0.2) is 0 Å². The first-order chi connectivity index (χ1) is 14.4. The van der Waals surface area contributed by atoms with Crippen LogP contribution in [-0.4, -0.2) is 36.5 Å². The predicted molar refractivity (Wildman–Crippen MR) is 100 cm³/mol. The third-order valence-electron chi connectivity index (χ3n) is 5.24. The van der Waals surface area contributed by atoms with E-state index < -0.39 is 46.8 Å². The van der Waals surface area contributed by atoms with Crippen LogP contribution in [0.15, 0.2) is 18.2 Å². The molecule has 1 aliphatic rings. The minimum atomic E-state index is -4.98. The maximum Gasteiger partial charge on any atom is 0.417 e. The summed E-state index contributed by atoms with van der Waals surface area (Å²) < 4.78 is 83.8. The molecule has 1 amide bonds. The van der Waals surface area contributed by atoms with E-state index in [0.29, 0.717) is 6.07 Å². The molecular weight excluding hydrogens is 428 g/mol. The van der Waals surface area contributed by atoms with Crippen LogP contribution in [0.3, 0.4) is 0 Å². The lowest BCUT2D eigenvalue weighted by atomic mass is 9.95. The number of benzene rings is 1. The van der Waals surface area contributed by atoms with Crippen LogP contribution in [0.25, 0.3) is 0 Å². The number of amides is 1. The van der Waals surface area contributed by atoms with Crippen molar-refractivity contribution in [2.24, 2.45) is 5.92 Å². The van der Waals surface area contributed by atoms with E-state index in [0.717, 1.165) is 30.6 Å². The minimum Gasteiger partial charge on any atom is -0.465 e. The second-order valence-corrected chi connectivity index (χ2v) is 7.55. The summed E-state index contributed by atoms with van der Waals surface area (Å²) in [5.74, 6) is -2.04. The topological polar surface area (TPSA) is 46.6 Å². The normalized spacial score (nSPS) is 15.8. The highest BCUT2D eigenvalue weighted by Crippen LogP contribution is 2.37. The summed E-state index contributed by atoms with van der Waals surface area (Å²) >= 11 is 0. The Morgan fingerprint density at radius 1 is 1.00 bits per heavy atom. The fraction of sp³-hybridized carbons (Fsp3) is 0.619. The van der Waals surface area contributed by atoms with E-state index in [1.54, 1.807) is 0 Å². The summed E-state index contributed by atoms with van der Waals surface area (Å²) in [6.45, 7) is 2.26. The number of nitrogens with zero attached hydrogens (tertiary/aromatic N) is 1. The molecule has 2 rings (SSSR count). The van der Waals surface area contributed by atoms with E-state index in [9.17, 15) is 35.9 Å². The average molecular weight is 453 g/mol. The molecule has 0 spiro atoms. The van der Waals surface area contributed by atoms with Crippen molar-refractivity contribution in [3.05, 3.63) is 34.9 Å². The lowest BCUT2D eigenvalue weighted by molar-refractivity contribution is -0.150. The molecule has 174 valence electrons. The number of carbonyl (C=O) groups is 2. The van der Waals surface area contributed by atoms with Crippen molar-refractivity contribution in [2.75, 3.05) is 19.7 Å². The van der Waals surface area contributed by atoms with Crippen LogP contribution in [-0.2, 0) is 21.9 Å². The molecule has 0 N–H and O–H groups in total. The Morgan fingerprint density at radius 3 is 2.19 bits per heavy atom. The molecular formula is C21H25F6NO3. The molecule has 0 radical (unpaired) electrons. The van der Waals surface area contributed by atoms with E-state index >= 15 is 0 Å². The zero-order valence-corrected chi connectivity index (χ0v) is 17.1. The van der Waals surface area contributed by atoms with Crippen molar-refractivity contribution in [3.8, 4) is 0 Å². The quantitative estimate of drug-likeness (QED) is 0.302. The highest BCUT2D eigenvalue weighted by Gasteiger charge is 2.40. The first kappa shape index (κ1) is 25.0. The number of esters is 1. The van der Waals surface area contributed by atoms with Gasteiger partial charge in [-0.2, -0.15) is 26.3 Å². The molecule has 1 fully saturated rings. The number of hydrogen-bond donors (Lipinski definition) is 0. The van der Waals surface area contributed by atoms with Gasteiger partial charge in [-0.15, -0.1) is 0 Å². The van der Waals surface area contributed by atoms with Crippen molar-refractivity contribution in [2.45, 2.75) is 57.8 Å². The molecule has 0 unspecified atom stereocenters. The average Bonchev–Trinajstić information content (AvgIpc) is 2.71. The lowest BCUT2D eigenvalue weighted by Gasteiger charge is -2.31. The lowest BCUT2D eigenvalue weighted by Crippen LogP contribution is -2.41. The number of halogens is 6. The number of alkyl halides is 6. The van der Waals surface area contributed by atoms with Gasteiger partial charge < -0.3 is 9.64 Å². The van der Waals surface area contributed by atoms with Crippen molar-refractivity contribution in [1.29, 1.82) is 0 Å². The summed E-state index contributed by atoms with van der Waals surface area (Å²) in [7, 11) is 0. The molecule has 0 atom stereocenters. The Kier molecular flexibility index (Phi) is 8.36. The largest absolute Gasteiger partial charge is 0.465 e. The molecule has 1 saturated heterocycles. The van der Waals surface area contributed by atoms with Gasteiger partial charge in [0.1, 0.15) is 0 Å². The molecule has 1 aromatic carbocycles. The standard InChI is InChI=1S/C21H25F6NO3/c1-2-3-4-5-12-31-19(30)14-8-10-28(11-9-14)18(29)16-13-15(20(22,23)24)6-7-17(16)21(25,26)27/h6-7,13-14H,2-5,8-12H2,1H3. The van der Waals surface area contributed by atoms with Crippen molar-refractivity contribution >= 4 is 11.9 Å². The van der Waals surface area contributed by atoms with Crippen LogP contribution >= 0.6 is 0 Å². The highest BCUT2D eigenvalue weighted by molar-refractivity contribution is 5.96. The molecule has 1 heterocycles.